The summed E-state index contributed by atoms with van der Waals surface area (Å²) < 4.78 is 23.7. The molecule has 0 aliphatic rings. The number of hydrogen-bond donors (Lipinski definition) is 0. The van der Waals surface area contributed by atoms with Gasteiger partial charge in [0.25, 0.3) is 0 Å². The summed E-state index contributed by atoms with van der Waals surface area (Å²) in [5.74, 6) is 0. The molecular weight excluding hydrogens is 261 g/mol. The van der Waals surface area contributed by atoms with Gasteiger partial charge in [0, 0.05) is 7.11 Å². The van der Waals surface area contributed by atoms with E-state index in [1.54, 1.807) is 6.92 Å². The molecule has 0 heterocycles. The Kier molecular flexibility index (Phi) is 6.20. The number of phosphoric ester groups is 1. The topological polar surface area (TPSA) is 44.8 Å². The van der Waals surface area contributed by atoms with Crippen molar-refractivity contribution in [2.45, 2.75) is 10.7 Å². The van der Waals surface area contributed by atoms with Gasteiger partial charge in [-0.05, 0) is 6.92 Å². The molecule has 0 aromatic carbocycles. The molecule has 0 saturated carbocycles. The summed E-state index contributed by atoms with van der Waals surface area (Å²) in [6.07, 6.45) is 0. The van der Waals surface area contributed by atoms with E-state index >= 15 is 0 Å². The summed E-state index contributed by atoms with van der Waals surface area (Å²) in [5.41, 5.74) is 0. The molecule has 0 amide bonds. The molecular formula is C5H10Cl3O4P. The molecule has 0 N–H and O–H groups in total. The van der Waals surface area contributed by atoms with Crippen molar-refractivity contribution in [1.29, 1.82) is 0 Å². The van der Waals surface area contributed by atoms with E-state index in [4.69, 9.17) is 43.9 Å². The molecule has 0 aromatic heterocycles. The lowest BCUT2D eigenvalue weighted by Gasteiger charge is -2.17. The maximum absolute atomic E-state index is 11.4. The Balaban J connectivity index is 4.06. The molecule has 4 nitrogen and oxygen atoms in total. The molecule has 0 rings (SSSR count). The zero-order valence-corrected chi connectivity index (χ0v) is 10.3. The van der Waals surface area contributed by atoms with E-state index < -0.39 is 11.6 Å². The van der Waals surface area contributed by atoms with Crippen molar-refractivity contribution >= 4 is 42.6 Å². The Morgan fingerprint density at radius 1 is 1.31 bits per heavy atom. The van der Waals surface area contributed by atoms with Crippen molar-refractivity contribution in [2.75, 3.05) is 20.3 Å². The molecule has 0 bridgehead atoms. The van der Waals surface area contributed by atoms with Gasteiger partial charge in [0.1, 0.15) is 6.61 Å². The second kappa shape index (κ2) is 5.76. The lowest BCUT2D eigenvalue weighted by atomic mass is 10.9. The van der Waals surface area contributed by atoms with E-state index in [1.807, 2.05) is 0 Å². The molecule has 13 heavy (non-hydrogen) atoms. The maximum Gasteiger partial charge on any atom is 0.474 e. The summed E-state index contributed by atoms with van der Waals surface area (Å²) in [4.78, 5) is 0. The first-order valence-corrected chi connectivity index (χ1v) is 5.94. The first kappa shape index (κ1) is 14.0. The standard InChI is InChI=1S/C5H10Cl3O4P/c1-3-11-13(9,10-2)12-4-5(6,7)8/h3-4H2,1-2H3. The second-order valence-corrected chi connectivity index (χ2v) is 6.23. The predicted octanol–water partition coefficient (Wildman–Crippen LogP) is 3.16. The lowest BCUT2D eigenvalue weighted by Crippen LogP contribution is -2.13. The van der Waals surface area contributed by atoms with E-state index in [0.717, 1.165) is 0 Å². The minimum Gasteiger partial charge on any atom is -0.290 e. The van der Waals surface area contributed by atoms with Crippen LogP contribution in [0.2, 0.25) is 0 Å². The molecule has 0 saturated heterocycles. The fraction of sp³-hybridized carbons (Fsp3) is 1.00. The fourth-order valence-corrected chi connectivity index (χ4v) is 1.80. The van der Waals surface area contributed by atoms with Crippen LogP contribution in [0, 0.1) is 0 Å². The second-order valence-electron chi connectivity index (χ2n) is 1.94. The first-order chi connectivity index (χ1) is 5.83. The zero-order chi connectivity index (χ0) is 10.5. The van der Waals surface area contributed by atoms with Gasteiger partial charge in [0.2, 0.25) is 3.79 Å². The SMILES string of the molecule is CCOP(=O)(OC)OCC(Cl)(Cl)Cl. The van der Waals surface area contributed by atoms with Crippen LogP contribution in [0.25, 0.3) is 0 Å². The van der Waals surface area contributed by atoms with Gasteiger partial charge in [0.15, 0.2) is 0 Å². The monoisotopic (exact) mass is 270 g/mol. The van der Waals surface area contributed by atoms with Gasteiger partial charge < -0.3 is 0 Å². The summed E-state index contributed by atoms with van der Waals surface area (Å²) in [6.45, 7) is 1.47. The van der Waals surface area contributed by atoms with E-state index in [2.05, 4.69) is 4.52 Å². The van der Waals surface area contributed by atoms with Gasteiger partial charge >= 0.3 is 7.82 Å². The van der Waals surface area contributed by atoms with E-state index in [9.17, 15) is 4.57 Å². The Morgan fingerprint density at radius 2 is 1.85 bits per heavy atom. The molecule has 0 aromatic rings. The Morgan fingerprint density at radius 3 is 2.15 bits per heavy atom. The van der Waals surface area contributed by atoms with E-state index in [-0.39, 0.29) is 13.2 Å². The van der Waals surface area contributed by atoms with Crippen molar-refractivity contribution in [2.24, 2.45) is 0 Å². The van der Waals surface area contributed by atoms with Gasteiger partial charge in [-0.3, -0.25) is 13.6 Å². The number of hydrogen-bond acceptors (Lipinski definition) is 4. The largest absolute Gasteiger partial charge is 0.474 e. The smallest absolute Gasteiger partial charge is 0.290 e. The molecule has 0 spiro atoms. The highest BCUT2D eigenvalue weighted by Crippen LogP contribution is 2.49. The van der Waals surface area contributed by atoms with E-state index in [0.29, 0.717) is 0 Å². The summed E-state index contributed by atoms with van der Waals surface area (Å²) >= 11 is 16.1. The molecule has 80 valence electrons. The van der Waals surface area contributed by atoms with Crippen LogP contribution in [0.3, 0.4) is 0 Å². The van der Waals surface area contributed by atoms with Gasteiger partial charge in [-0.25, -0.2) is 4.57 Å². The number of halogens is 3. The van der Waals surface area contributed by atoms with Crippen LogP contribution >= 0.6 is 42.6 Å². The normalized spacial score (nSPS) is 17.0. The van der Waals surface area contributed by atoms with Gasteiger partial charge in [-0.1, -0.05) is 34.8 Å². The third-order valence-electron chi connectivity index (χ3n) is 0.897. The highest BCUT2D eigenvalue weighted by molar-refractivity contribution is 7.48. The summed E-state index contributed by atoms with van der Waals surface area (Å²) in [5, 5.41) is 0. The Hall–Kier alpha value is 0.980. The zero-order valence-electron chi connectivity index (χ0n) is 7.13. The summed E-state index contributed by atoms with van der Waals surface area (Å²) in [7, 11) is -2.36. The third kappa shape index (κ3) is 6.97. The van der Waals surface area contributed by atoms with Crippen LogP contribution < -0.4 is 0 Å². The molecule has 0 radical (unpaired) electrons. The first-order valence-electron chi connectivity index (χ1n) is 3.34. The summed E-state index contributed by atoms with van der Waals surface area (Å²) in [6, 6.07) is 0. The highest BCUT2D eigenvalue weighted by Gasteiger charge is 2.30. The quantitative estimate of drug-likeness (QED) is 0.569. The number of phosphoric acid groups is 1. The minimum absolute atomic E-state index is 0.185. The number of alkyl halides is 3. The van der Waals surface area contributed by atoms with Crippen molar-refractivity contribution in [1.82, 2.24) is 0 Å². The third-order valence-corrected chi connectivity index (χ3v) is 2.69. The van der Waals surface area contributed by atoms with Crippen LogP contribution in [-0.2, 0) is 18.1 Å². The van der Waals surface area contributed by atoms with Crippen LogP contribution in [0.4, 0.5) is 0 Å². The van der Waals surface area contributed by atoms with Gasteiger partial charge in [-0.15, -0.1) is 0 Å². The van der Waals surface area contributed by atoms with Crippen molar-refractivity contribution in [3.63, 3.8) is 0 Å². The van der Waals surface area contributed by atoms with E-state index in [1.165, 1.54) is 7.11 Å². The molecule has 0 aliphatic carbocycles. The number of rotatable bonds is 5. The maximum atomic E-state index is 11.4. The van der Waals surface area contributed by atoms with Crippen molar-refractivity contribution in [3.05, 3.63) is 0 Å². The van der Waals surface area contributed by atoms with Crippen LogP contribution in [0.15, 0.2) is 0 Å². The fourth-order valence-electron chi connectivity index (χ4n) is 0.453. The average Bonchev–Trinajstić information content (AvgIpc) is 2.01. The van der Waals surface area contributed by atoms with Gasteiger partial charge in [0.05, 0.1) is 6.61 Å². The van der Waals surface area contributed by atoms with Crippen LogP contribution in [0.5, 0.6) is 0 Å². The van der Waals surface area contributed by atoms with Crippen molar-refractivity contribution in [3.8, 4) is 0 Å². The Bertz CT molecular complexity index is 193. The van der Waals surface area contributed by atoms with Crippen LogP contribution in [0.1, 0.15) is 6.92 Å². The molecule has 0 aliphatic heterocycles. The Labute approximate surface area is 92.0 Å². The van der Waals surface area contributed by atoms with Gasteiger partial charge in [-0.2, -0.15) is 0 Å². The predicted molar refractivity (Wildman–Crippen MR) is 52.5 cm³/mol. The lowest BCUT2D eigenvalue weighted by molar-refractivity contribution is 0.138. The molecule has 8 heteroatoms. The minimum atomic E-state index is -3.55. The van der Waals surface area contributed by atoms with Crippen LogP contribution in [-0.4, -0.2) is 24.1 Å². The van der Waals surface area contributed by atoms with Crippen molar-refractivity contribution < 1.29 is 18.1 Å². The molecule has 1 atom stereocenters. The average molecular weight is 271 g/mol. The molecule has 0 fully saturated rings. The highest BCUT2D eigenvalue weighted by atomic mass is 35.6. The molecule has 1 unspecified atom stereocenters.